The largest absolute Gasteiger partial charge is 0.495 e. The molecule has 1 aromatic carbocycles. The fourth-order valence-electron chi connectivity index (χ4n) is 2.73. The lowest BCUT2D eigenvalue weighted by atomic mass is 9.99. The lowest BCUT2D eigenvalue weighted by molar-refractivity contribution is 0.191. The summed E-state index contributed by atoms with van der Waals surface area (Å²) >= 11 is 5.90. The smallest absolute Gasteiger partial charge is 0.244 e. The molecule has 1 aliphatic heterocycles. The van der Waals surface area contributed by atoms with Crippen LogP contribution < -0.4 is 9.46 Å². The van der Waals surface area contributed by atoms with Crippen LogP contribution >= 0.6 is 11.6 Å². The summed E-state index contributed by atoms with van der Waals surface area (Å²) in [6.45, 7) is 5.82. The Morgan fingerprint density at radius 2 is 2.04 bits per heavy atom. The van der Waals surface area contributed by atoms with Gasteiger partial charge in [-0.05, 0) is 63.0 Å². The van der Waals surface area contributed by atoms with Crippen LogP contribution in [0, 0.1) is 5.92 Å². The highest BCUT2D eigenvalue weighted by Crippen LogP contribution is 2.26. The van der Waals surface area contributed by atoms with E-state index < -0.39 is 10.0 Å². The molecule has 0 aliphatic carbocycles. The average Bonchev–Trinajstić information content (AvgIpc) is 2.53. The van der Waals surface area contributed by atoms with Gasteiger partial charge in [-0.15, -0.1) is 0 Å². The first-order valence-corrected chi connectivity index (χ1v) is 9.84. The molecule has 0 unspecified atom stereocenters. The number of rotatable bonds is 7. The molecule has 1 fully saturated rings. The van der Waals surface area contributed by atoms with Crippen LogP contribution in [0.15, 0.2) is 23.1 Å². The Bertz CT molecular complexity index is 614. The van der Waals surface area contributed by atoms with E-state index in [1.807, 2.05) is 0 Å². The second-order valence-electron chi connectivity index (χ2n) is 6.07. The minimum absolute atomic E-state index is 0.0827. The predicted molar refractivity (Wildman–Crippen MR) is 92.6 cm³/mol. The zero-order chi connectivity index (χ0) is 16.9. The number of methoxy groups -OCH3 is 1. The monoisotopic (exact) mass is 360 g/mol. The quantitative estimate of drug-likeness (QED) is 0.759. The molecule has 0 aromatic heterocycles. The van der Waals surface area contributed by atoms with Crippen LogP contribution in [0.1, 0.15) is 26.2 Å². The van der Waals surface area contributed by atoms with Crippen molar-refractivity contribution in [2.24, 2.45) is 5.92 Å². The second kappa shape index (κ2) is 8.33. The molecule has 0 atom stereocenters. The van der Waals surface area contributed by atoms with E-state index in [0.717, 1.165) is 32.0 Å². The van der Waals surface area contributed by atoms with Crippen LogP contribution in [-0.2, 0) is 10.0 Å². The van der Waals surface area contributed by atoms with Crippen LogP contribution in [0.2, 0.25) is 5.02 Å². The highest BCUT2D eigenvalue weighted by Gasteiger charge is 2.20. The summed E-state index contributed by atoms with van der Waals surface area (Å²) in [6, 6.07) is 4.58. The molecular weight excluding hydrogens is 336 g/mol. The molecule has 1 saturated heterocycles. The number of hydrogen-bond acceptors (Lipinski definition) is 4. The Labute approximate surface area is 144 Å². The summed E-state index contributed by atoms with van der Waals surface area (Å²) < 4.78 is 32.5. The molecule has 1 aliphatic rings. The van der Waals surface area contributed by atoms with E-state index in [-0.39, 0.29) is 4.90 Å². The normalized spacial score (nSPS) is 17.3. The maximum Gasteiger partial charge on any atom is 0.244 e. The van der Waals surface area contributed by atoms with E-state index >= 15 is 0 Å². The van der Waals surface area contributed by atoms with Gasteiger partial charge in [-0.2, -0.15) is 0 Å². The molecule has 0 saturated carbocycles. The third-order valence-corrected chi connectivity index (χ3v) is 5.95. The van der Waals surface area contributed by atoms with Crippen molar-refractivity contribution in [1.82, 2.24) is 9.62 Å². The van der Waals surface area contributed by atoms with E-state index in [1.54, 1.807) is 12.1 Å². The molecule has 0 radical (unpaired) electrons. The maximum atomic E-state index is 12.4. The number of halogens is 1. The molecule has 1 heterocycles. The standard InChI is InChI=1S/C16H25ClN2O3S/c1-13-6-10-19(11-7-13)9-3-8-18-23(20,21)16-12-14(17)4-5-15(16)22-2/h4-5,12-13,18H,3,6-11H2,1-2H3. The first-order chi connectivity index (χ1) is 10.9. The van der Waals surface area contributed by atoms with Crippen molar-refractivity contribution >= 4 is 21.6 Å². The summed E-state index contributed by atoms with van der Waals surface area (Å²) in [5, 5.41) is 0.369. The van der Waals surface area contributed by atoms with E-state index in [9.17, 15) is 8.42 Å². The third kappa shape index (κ3) is 5.35. The van der Waals surface area contributed by atoms with Crippen molar-refractivity contribution in [3.05, 3.63) is 23.2 Å². The molecule has 0 spiro atoms. The highest BCUT2D eigenvalue weighted by molar-refractivity contribution is 7.89. The van der Waals surface area contributed by atoms with Crippen LogP contribution in [-0.4, -0.2) is 46.6 Å². The molecule has 2 rings (SSSR count). The number of nitrogens with one attached hydrogen (secondary N) is 1. The molecule has 1 aromatic rings. The Morgan fingerprint density at radius 1 is 1.35 bits per heavy atom. The van der Waals surface area contributed by atoms with Crippen molar-refractivity contribution in [1.29, 1.82) is 0 Å². The maximum absolute atomic E-state index is 12.4. The Morgan fingerprint density at radius 3 is 2.70 bits per heavy atom. The Balaban J connectivity index is 1.86. The first kappa shape index (κ1) is 18.5. The number of likely N-dealkylation sites (tertiary alicyclic amines) is 1. The predicted octanol–water partition coefficient (Wildman–Crippen LogP) is 2.75. The minimum Gasteiger partial charge on any atom is -0.495 e. The van der Waals surface area contributed by atoms with Gasteiger partial charge in [0.2, 0.25) is 10.0 Å². The molecular formula is C16H25ClN2O3S. The van der Waals surface area contributed by atoms with E-state index in [2.05, 4.69) is 16.5 Å². The van der Waals surface area contributed by atoms with Gasteiger partial charge >= 0.3 is 0 Å². The van der Waals surface area contributed by atoms with E-state index in [0.29, 0.717) is 17.3 Å². The van der Waals surface area contributed by atoms with Gasteiger partial charge in [0.05, 0.1) is 7.11 Å². The summed E-state index contributed by atoms with van der Waals surface area (Å²) in [5.74, 6) is 1.10. The second-order valence-corrected chi connectivity index (χ2v) is 8.24. The number of sulfonamides is 1. The SMILES string of the molecule is COc1ccc(Cl)cc1S(=O)(=O)NCCCN1CCC(C)CC1. The van der Waals surface area contributed by atoms with Gasteiger partial charge in [-0.3, -0.25) is 0 Å². The number of benzene rings is 1. The van der Waals surface area contributed by atoms with Crippen LogP contribution in [0.3, 0.4) is 0 Å². The van der Waals surface area contributed by atoms with Gasteiger partial charge in [0.25, 0.3) is 0 Å². The van der Waals surface area contributed by atoms with Gasteiger partial charge < -0.3 is 9.64 Å². The van der Waals surface area contributed by atoms with E-state index in [4.69, 9.17) is 16.3 Å². The number of piperidine rings is 1. The Hall–Kier alpha value is -0.820. The summed E-state index contributed by atoms with van der Waals surface area (Å²) in [5.41, 5.74) is 0. The van der Waals surface area contributed by atoms with Crippen molar-refractivity contribution in [2.75, 3.05) is 33.3 Å². The molecule has 7 heteroatoms. The highest BCUT2D eigenvalue weighted by atomic mass is 35.5. The van der Waals surface area contributed by atoms with Crippen LogP contribution in [0.5, 0.6) is 5.75 Å². The lowest BCUT2D eigenvalue weighted by Crippen LogP contribution is -2.35. The van der Waals surface area contributed by atoms with Gasteiger partial charge in [0.1, 0.15) is 10.6 Å². The van der Waals surface area contributed by atoms with Gasteiger partial charge in [-0.25, -0.2) is 13.1 Å². The van der Waals surface area contributed by atoms with Crippen molar-refractivity contribution in [3.63, 3.8) is 0 Å². The third-order valence-electron chi connectivity index (χ3n) is 4.23. The summed E-state index contributed by atoms with van der Waals surface area (Å²) in [7, 11) is -2.17. The summed E-state index contributed by atoms with van der Waals surface area (Å²) in [4.78, 5) is 2.48. The van der Waals surface area contributed by atoms with Crippen LogP contribution in [0.4, 0.5) is 0 Å². The van der Waals surface area contributed by atoms with Gasteiger partial charge in [0.15, 0.2) is 0 Å². The summed E-state index contributed by atoms with van der Waals surface area (Å²) in [6.07, 6.45) is 3.24. The van der Waals surface area contributed by atoms with Crippen molar-refractivity contribution in [2.45, 2.75) is 31.1 Å². The van der Waals surface area contributed by atoms with Crippen molar-refractivity contribution < 1.29 is 13.2 Å². The zero-order valence-corrected chi connectivity index (χ0v) is 15.3. The first-order valence-electron chi connectivity index (χ1n) is 7.98. The molecule has 0 bridgehead atoms. The lowest BCUT2D eigenvalue weighted by Gasteiger charge is -2.30. The fraction of sp³-hybridized carbons (Fsp3) is 0.625. The van der Waals surface area contributed by atoms with Crippen LogP contribution in [0.25, 0.3) is 0 Å². The van der Waals surface area contributed by atoms with Gasteiger partial charge in [0, 0.05) is 11.6 Å². The molecule has 0 amide bonds. The van der Waals surface area contributed by atoms with Crippen molar-refractivity contribution in [3.8, 4) is 5.75 Å². The molecule has 1 N–H and O–H groups in total. The average molecular weight is 361 g/mol. The zero-order valence-electron chi connectivity index (χ0n) is 13.7. The molecule has 5 nitrogen and oxygen atoms in total. The fourth-order valence-corrected chi connectivity index (χ4v) is 4.24. The van der Waals surface area contributed by atoms with E-state index in [1.165, 1.54) is 26.0 Å². The topological polar surface area (TPSA) is 58.6 Å². The number of ether oxygens (including phenoxy) is 1. The molecule has 23 heavy (non-hydrogen) atoms. The van der Waals surface area contributed by atoms with Gasteiger partial charge in [-0.1, -0.05) is 18.5 Å². The number of hydrogen-bond donors (Lipinski definition) is 1. The minimum atomic E-state index is -3.62. The Kier molecular flexibility index (Phi) is 6.71. The number of nitrogens with zero attached hydrogens (tertiary/aromatic N) is 1. The molecule has 130 valence electrons.